The fourth-order valence-electron chi connectivity index (χ4n) is 1.98. The second kappa shape index (κ2) is 9.44. The maximum Gasteiger partial charge on any atom is 0.453 e. The van der Waals surface area contributed by atoms with E-state index in [-0.39, 0.29) is 15.6 Å². The molecule has 0 aliphatic carbocycles. The van der Waals surface area contributed by atoms with Crippen molar-refractivity contribution < 1.29 is 27.5 Å². The number of hydrogen-bond donors (Lipinski definition) is 2. The van der Waals surface area contributed by atoms with Crippen LogP contribution >= 0.6 is 11.8 Å². The molecule has 1 heterocycles. The van der Waals surface area contributed by atoms with Crippen molar-refractivity contribution in [1.82, 2.24) is 14.9 Å². The zero-order valence-corrected chi connectivity index (χ0v) is 15.6. The molecule has 0 aliphatic heterocycles. The number of nitrogens with two attached hydrogens (primary N) is 1. The Morgan fingerprint density at radius 3 is 2.50 bits per heavy atom. The summed E-state index contributed by atoms with van der Waals surface area (Å²) in [6, 6.07) is 6.05. The number of ether oxygens (including phenoxy) is 1. The van der Waals surface area contributed by atoms with E-state index in [1.807, 2.05) is 6.92 Å². The molecule has 1 amide bonds. The number of esters is 1. The van der Waals surface area contributed by atoms with Gasteiger partial charge in [0.1, 0.15) is 0 Å². The van der Waals surface area contributed by atoms with Gasteiger partial charge in [-0.05, 0) is 30.7 Å². The molecule has 0 bridgehead atoms. The zero-order valence-electron chi connectivity index (χ0n) is 14.8. The van der Waals surface area contributed by atoms with Crippen LogP contribution in [0.15, 0.2) is 29.4 Å². The number of hydrogen-bond acceptors (Lipinski definition) is 7. The molecule has 1 aromatic heterocycles. The lowest BCUT2D eigenvalue weighted by Crippen LogP contribution is -2.22. The third kappa shape index (κ3) is 5.87. The highest BCUT2D eigenvalue weighted by Gasteiger charge is 2.38. The maximum absolute atomic E-state index is 12.6. The molecular formula is C16H18F3N5O3S. The zero-order chi connectivity index (χ0) is 20.7. The van der Waals surface area contributed by atoms with Crippen molar-refractivity contribution in [1.29, 1.82) is 0 Å². The van der Waals surface area contributed by atoms with Crippen molar-refractivity contribution in [2.24, 2.45) is 0 Å². The van der Waals surface area contributed by atoms with Crippen molar-refractivity contribution >= 4 is 29.3 Å². The molecule has 2 aromatic rings. The summed E-state index contributed by atoms with van der Waals surface area (Å²) >= 11 is 0.709. The van der Waals surface area contributed by atoms with Gasteiger partial charge < -0.3 is 15.9 Å². The van der Waals surface area contributed by atoms with E-state index in [9.17, 15) is 22.8 Å². The Labute approximate surface area is 162 Å². The van der Waals surface area contributed by atoms with Crippen molar-refractivity contribution in [3.05, 3.63) is 35.7 Å². The fraction of sp³-hybridized carbons (Fsp3) is 0.375. The van der Waals surface area contributed by atoms with Crippen LogP contribution in [0.2, 0.25) is 0 Å². The first-order valence-electron chi connectivity index (χ1n) is 8.20. The molecule has 3 N–H and O–H groups in total. The smallest absolute Gasteiger partial charge is 0.453 e. The third-order valence-electron chi connectivity index (χ3n) is 3.39. The number of carbonyl (C=O) groups is 2. The van der Waals surface area contributed by atoms with Crippen LogP contribution in [0.1, 0.15) is 35.9 Å². The van der Waals surface area contributed by atoms with Gasteiger partial charge in [0.05, 0.1) is 17.9 Å². The van der Waals surface area contributed by atoms with Crippen LogP contribution in [-0.2, 0) is 15.7 Å². The highest BCUT2D eigenvalue weighted by Crippen LogP contribution is 2.28. The lowest BCUT2D eigenvalue weighted by atomic mass is 10.2. The molecule has 0 saturated carbocycles. The fourth-order valence-corrected chi connectivity index (χ4v) is 2.63. The van der Waals surface area contributed by atoms with E-state index in [2.05, 4.69) is 15.5 Å². The highest BCUT2D eigenvalue weighted by molar-refractivity contribution is 7.99. The second-order valence-corrected chi connectivity index (χ2v) is 6.52. The Morgan fingerprint density at radius 2 is 1.93 bits per heavy atom. The van der Waals surface area contributed by atoms with Gasteiger partial charge in [0.25, 0.3) is 5.82 Å². The summed E-state index contributed by atoms with van der Waals surface area (Å²) in [6.07, 6.45) is -3.05. The van der Waals surface area contributed by atoms with Crippen LogP contribution in [-0.4, -0.2) is 39.1 Å². The standard InChI is InChI=1S/C16H18F3N5O3S/c1-2-3-8-27-13(26)10-4-6-11(7-5-10)21-12(25)9-28-15-23-22-14(24(15)20)16(17,18)19/h4-7H,2-3,8-9,20H2,1H3,(H,21,25). The highest BCUT2D eigenvalue weighted by atomic mass is 32.2. The quantitative estimate of drug-likeness (QED) is 0.294. The Bertz CT molecular complexity index is 824. The third-order valence-corrected chi connectivity index (χ3v) is 4.33. The van der Waals surface area contributed by atoms with E-state index < -0.39 is 23.9 Å². The summed E-state index contributed by atoms with van der Waals surface area (Å²) in [4.78, 5) is 23.7. The van der Waals surface area contributed by atoms with Gasteiger partial charge >= 0.3 is 12.1 Å². The molecule has 28 heavy (non-hydrogen) atoms. The van der Waals surface area contributed by atoms with Crippen molar-refractivity contribution in [3.8, 4) is 0 Å². The van der Waals surface area contributed by atoms with Crippen LogP contribution in [0, 0.1) is 0 Å². The summed E-state index contributed by atoms with van der Waals surface area (Å²) in [7, 11) is 0. The van der Waals surface area contributed by atoms with Gasteiger partial charge in [-0.25, -0.2) is 9.47 Å². The molecule has 0 spiro atoms. The monoisotopic (exact) mass is 417 g/mol. The molecular weight excluding hydrogens is 399 g/mol. The number of nitrogens with zero attached hydrogens (tertiary/aromatic N) is 3. The number of rotatable bonds is 8. The average molecular weight is 417 g/mol. The minimum Gasteiger partial charge on any atom is -0.462 e. The topological polar surface area (TPSA) is 112 Å². The minimum atomic E-state index is -4.73. The molecule has 1 aromatic carbocycles. The summed E-state index contributed by atoms with van der Waals surface area (Å²) in [5.74, 6) is 2.77. The Hall–Kier alpha value is -2.76. The maximum atomic E-state index is 12.6. The Morgan fingerprint density at radius 1 is 1.25 bits per heavy atom. The molecule has 0 aliphatic rings. The second-order valence-electron chi connectivity index (χ2n) is 5.58. The minimum absolute atomic E-state index is 0.228. The summed E-state index contributed by atoms with van der Waals surface area (Å²) in [5, 5.41) is 8.60. The number of nitrogens with one attached hydrogen (secondary N) is 1. The van der Waals surface area contributed by atoms with E-state index in [4.69, 9.17) is 10.6 Å². The number of unbranched alkanes of at least 4 members (excludes halogenated alkanes) is 1. The van der Waals surface area contributed by atoms with Gasteiger partial charge in [-0.2, -0.15) is 13.2 Å². The van der Waals surface area contributed by atoms with Crippen molar-refractivity contribution in [3.63, 3.8) is 0 Å². The lowest BCUT2D eigenvalue weighted by molar-refractivity contribution is -0.146. The summed E-state index contributed by atoms with van der Waals surface area (Å²) in [6.45, 7) is 2.32. The van der Waals surface area contributed by atoms with E-state index in [0.717, 1.165) is 12.8 Å². The van der Waals surface area contributed by atoms with Crippen molar-refractivity contribution in [2.75, 3.05) is 23.5 Å². The first-order chi connectivity index (χ1) is 13.2. The molecule has 0 unspecified atom stereocenters. The number of benzene rings is 1. The Kier molecular flexibility index (Phi) is 7.26. The van der Waals surface area contributed by atoms with E-state index in [0.29, 0.717) is 29.6 Å². The molecule has 0 radical (unpaired) electrons. The SMILES string of the molecule is CCCCOC(=O)c1ccc(NC(=O)CSc2nnc(C(F)(F)F)n2N)cc1. The van der Waals surface area contributed by atoms with Gasteiger partial charge in [-0.1, -0.05) is 25.1 Å². The number of carbonyl (C=O) groups excluding carboxylic acids is 2. The van der Waals surface area contributed by atoms with Gasteiger partial charge in [0.15, 0.2) is 0 Å². The van der Waals surface area contributed by atoms with Gasteiger partial charge in [-0.3, -0.25) is 4.79 Å². The first kappa shape index (κ1) is 21.5. The average Bonchev–Trinajstić information content (AvgIpc) is 3.01. The van der Waals surface area contributed by atoms with Crippen LogP contribution < -0.4 is 11.2 Å². The van der Waals surface area contributed by atoms with Gasteiger partial charge in [0, 0.05) is 5.69 Å². The molecule has 0 saturated heterocycles. The van der Waals surface area contributed by atoms with E-state index in [1.54, 1.807) is 0 Å². The molecule has 8 nitrogen and oxygen atoms in total. The molecule has 0 atom stereocenters. The molecule has 0 fully saturated rings. The predicted molar refractivity (Wildman–Crippen MR) is 96.2 cm³/mol. The largest absolute Gasteiger partial charge is 0.462 e. The van der Waals surface area contributed by atoms with Gasteiger partial charge in [0.2, 0.25) is 11.1 Å². The normalized spacial score (nSPS) is 11.3. The lowest BCUT2D eigenvalue weighted by Gasteiger charge is -2.07. The Balaban J connectivity index is 1.86. The van der Waals surface area contributed by atoms with Crippen LogP contribution in [0.25, 0.3) is 0 Å². The van der Waals surface area contributed by atoms with Crippen LogP contribution in [0.4, 0.5) is 18.9 Å². The first-order valence-corrected chi connectivity index (χ1v) is 9.18. The summed E-state index contributed by atoms with van der Waals surface area (Å²) < 4.78 is 43.2. The number of nitrogen functional groups attached to an aromatic ring is 1. The number of halogens is 3. The molecule has 12 heteroatoms. The predicted octanol–water partition coefficient (Wildman–Crippen LogP) is 2.70. The summed E-state index contributed by atoms with van der Waals surface area (Å²) in [5.41, 5.74) is 0.764. The van der Waals surface area contributed by atoms with Crippen LogP contribution in [0.5, 0.6) is 0 Å². The number of aromatic nitrogens is 3. The molecule has 152 valence electrons. The van der Waals surface area contributed by atoms with Crippen molar-refractivity contribution in [2.45, 2.75) is 31.1 Å². The number of alkyl halides is 3. The van der Waals surface area contributed by atoms with E-state index in [1.165, 1.54) is 24.3 Å². The molecule has 2 rings (SSSR count). The van der Waals surface area contributed by atoms with Gasteiger partial charge in [-0.15, -0.1) is 10.2 Å². The number of thioether (sulfide) groups is 1. The van der Waals surface area contributed by atoms with E-state index >= 15 is 0 Å². The number of anilines is 1. The number of amides is 1. The van der Waals surface area contributed by atoms with Crippen LogP contribution in [0.3, 0.4) is 0 Å².